The second kappa shape index (κ2) is 6.28. The molecule has 1 heterocycles. The van der Waals surface area contributed by atoms with E-state index in [1.54, 1.807) is 11.3 Å². The molecule has 1 nitrogen and oxygen atoms in total. The van der Waals surface area contributed by atoms with Gasteiger partial charge in [-0.25, -0.2) is 4.39 Å². The minimum Gasteiger partial charge on any atom is -0.313 e. The summed E-state index contributed by atoms with van der Waals surface area (Å²) in [5.41, 5.74) is 2.34. The molecule has 0 aliphatic heterocycles. The van der Waals surface area contributed by atoms with Crippen molar-refractivity contribution in [3.63, 3.8) is 0 Å². The summed E-state index contributed by atoms with van der Waals surface area (Å²) in [5.74, 6) is -0.195. The molecular weight excluding hydrogens is 381 g/mol. The second-order valence-electron chi connectivity index (χ2n) is 3.95. The van der Waals surface area contributed by atoms with Crippen LogP contribution in [-0.4, -0.2) is 7.05 Å². The Bertz CT molecular complexity index is 524. The summed E-state index contributed by atoms with van der Waals surface area (Å²) in [6.07, 6.45) is 0.832. The smallest absolute Gasteiger partial charge is 0.123 e. The van der Waals surface area contributed by atoms with E-state index in [2.05, 4.69) is 43.2 Å². The number of hydrogen-bond donors (Lipinski definition) is 1. The highest BCUT2D eigenvalue weighted by Gasteiger charge is 2.16. The summed E-state index contributed by atoms with van der Waals surface area (Å²) in [6.45, 7) is 0. The molecule has 2 aromatic rings. The van der Waals surface area contributed by atoms with Crippen molar-refractivity contribution < 1.29 is 4.39 Å². The molecule has 96 valence electrons. The summed E-state index contributed by atoms with van der Waals surface area (Å²) < 4.78 is 15.1. The van der Waals surface area contributed by atoms with Gasteiger partial charge in [-0.2, -0.15) is 0 Å². The van der Waals surface area contributed by atoms with Gasteiger partial charge in [0.15, 0.2) is 0 Å². The summed E-state index contributed by atoms with van der Waals surface area (Å²) in [5, 5.41) is 3.30. The predicted octanol–water partition coefficient (Wildman–Crippen LogP) is 4.92. The number of benzene rings is 1. The molecule has 5 heteroatoms. The van der Waals surface area contributed by atoms with Gasteiger partial charge in [-0.3, -0.25) is 0 Å². The number of nitrogens with one attached hydrogen (secondary N) is 1. The summed E-state index contributed by atoms with van der Waals surface area (Å²) >= 11 is 8.72. The van der Waals surface area contributed by atoms with Crippen molar-refractivity contribution in [2.45, 2.75) is 12.5 Å². The lowest BCUT2D eigenvalue weighted by atomic mass is 10.0. The molecule has 0 aliphatic rings. The molecule has 0 amide bonds. The van der Waals surface area contributed by atoms with Gasteiger partial charge < -0.3 is 5.32 Å². The molecule has 18 heavy (non-hydrogen) atoms. The first-order valence-corrected chi connectivity index (χ1v) is 7.87. The molecular formula is C13H12Br2FNS. The Hall–Kier alpha value is -0.230. The Balaban J connectivity index is 2.19. The first-order chi connectivity index (χ1) is 8.60. The lowest BCUT2D eigenvalue weighted by molar-refractivity contribution is 0.589. The first-order valence-electron chi connectivity index (χ1n) is 5.46. The summed E-state index contributed by atoms with van der Waals surface area (Å²) in [4.78, 5) is 0. The van der Waals surface area contributed by atoms with Crippen molar-refractivity contribution >= 4 is 43.2 Å². The number of hydrogen-bond acceptors (Lipinski definition) is 2. The zero-order chi connectivity index (χ0) is 13.1. The van der Waals surface area contributed by atoms with Crippen LogP contribution in [0.25, 0.3) is 0 Å². The van der Waals surface area contributed by atoms with Crippen LogP contribution in [0, 0.1) is 5.82 Å². The Labute approximate surface area is 127 Å². The fraction of sp³-hybridized carbons (Fsp3) is 0.231. The fourth-order valence-corrected chi connectivity index (χ4v) is 4.79. The van der Waals surface area contributed by atoms with Crippen LogP contribution in [-0.2, 0) is 6.42 Å². The standard InChI is InChI=1S/C13H12Br2FNS/c1-17-11(10-7-12(14)18-13(10)15)6-8-2-4-9(16)5-3-8/h2-5,7,11,17H,6H2,1H3. The van der Waals surface area contributed by atoms with Crippen LogP contribution in [0.3, 0.4) is 0 Å². The van der Waals surface area contributed by atoms with E-state index in [9.17, 15) is 4.39 Å². The van der Waals surface area contributed by atoms with E-state index in [0.717, 1.165) is 19.6 Å². The van der Waals surface area contributed by atoms with Gasteiger partial charge in [-0.15, -0.1) is 11.3 Å². The Morgan fingerprint density at radius 2 is 1.94 bits per heavy atom. The zero-order valence-electron chi connectivity index (χ0n) is 9.71. The maximum absolute atomic E-state index is 12.9. The van der Waals surface area contributed by atoms with E-state index < -0.39 is 0 Å². The molecule has 0 saturated heterocycles. The Kier molecular flexibility index (Phi) is 4.95. The number of likely N-dealkylation sites (N-methyl/N-ethyl adjacent to an activating group) is 1. The van der Waals surface area contributed by atoms with Gasteiger partial charge in [0.05, 0.1) is 7.57 Å². The van der Waals surface area contributed by atoms with E-state index in [1.807, 2.05) is 19.2 Å². The van der Waals surface area contributed by atoms with Gasteiger partial charge in [0.2, 0.25) is 0 Å². The number of thiophene rings is 1. The van der Waals surface area contributed by atoms with Crippen LogP contribution in [0.15, 0.2) is 37.9 Å². The van der Waals surface area contributed by atoms with Crippen LogP contribution >= 0.6 is 43.2 Å². The average Bonchev–Trinajstić information content (AvgIpc) is 2.68. The summed E-state index contributed by atoms with van der Waals surface area (Å²) in [7, 11) is 1.94. The third kappa shape index (κ3) is 3.41. The fourth-order valence-electron chi connectivity index (χ4n) is 1.81. The summed E-state index contributed by atoms with van der Waals surface area (Å²) in [6, 6.07) is 8.98. The second-order valence-corrected chi connectivity index (χ2v) is 7.70. The van der Waals surface area contributed by atoms with Gasteiger partial charge in [-0.05, 0) is 74.7 Å². The van der Waals surface area contributed by atoms with E-state index in [1.165, 1.54) is 17.7 Å². The Morgan fingerprint density at radius 1 is 1.28 bits per heavy atom. The van der Waals surface area contributed by atoms with Crippen molar-refractivity contribution in [2.75, 3.05) is 7.05 Å². The number of halogens is 3. The van der Waals surface area contributed by atoms with Crippen molar-refractivity contribution in [1.29, 1.82) is 0 Å². The van der Waals surface area contributed by atoms with Gasteiger partial charge in [0.25, 0.3) is 0 Å². The molecule has 0 aliphatic carbocycles. The Morgan fingerprint density at radius 3 is 2.44 bits per heavy atom. The highest BCUT2D eigenvalue weighted by Crippen LogP contribution is 2.36. The monoisotopic (exact) mass is 391 g/mol. The predicted molar refractivity (Wildman–Crippen MR) is 81.6 cm³/mol. The molecule has 1 aromatic heterocycles. The molecule has 1 aromatic carbocycles. The van der Waals surface area contributed by atoms with Crippen LogP contribution in [0.5, 0.6) is 0 Å². The normalized spacial score (nSPS) is 12.7. The van der Waals surface area contributed by atoms with Crippen LogP contribution < -0.4 is 5.32 Å². The van der Waals surface area contributed by atoms with Crippen molar-refractivity contribution in [3.8, 4) is 0 Å². The maximum Gasteiger partial charge on any atom is 0.123 e. The van der Waals surface area contributed by atoms with E-state index >= 15 is 0 Å². The molecule has 1 atom stereocenters. The molecule has 0 spiro atoms. The quantitative estimate of drug-likeness (QED) is 0.778. The minimum absolute atomic E-state index is 0.195. The van der Waals surface area contributed by atoms with Gasteiger partial charge >= 0.3 is 0 Å². The molecule has 0 fully saturated rings. The van der Waals surface area contributed by atoms with Gasteiger partial charge in [0.1, 0.15) is 5.82 Å². The van der Waals surface area contributed by atoms with E-state index in [4.69, 9.17) is 0 Å². The average molecular weight is 393 g/mol. The number of rotatable bonds is 4. The third-order valence-electron chi connectivity index (χ3n) is 2.76. The molecule has 0 saturated carbocycles. The van der Waals surface area contributed by atoms with Crippen LogP contribution in [0.1, 0.15) is 17.2 Å². The lowest BCUT2D eigenvalue weighted by Crippen LogP contribution is -2.18. The van der Waals surface area contributed by atoms with Gasteiger partial charge in [-0.1, -0.05) is 12.1 Å². The molecule has 2 rings (SSSR count). The zero-order valence-corrected chi connectivity index (χ0v) is 13.7. The van der Waals surface area contributed by atoms with Crippen LogP contribution in [0.4, 0.5) is 4.39 Å². The van der Waals surface area contributed by atoms with Gasteiger partial charge in [0, 0.05) is 6.04 Å². The highest BCUT2D eigenvalue weighted by atomic mass is 79.9. The van der Waals surface area contributed by atoms with Crippen molar-refractivity contribution in [1.82, 2.24) is 5.32 Å². The lowest BCUT2D eigenvalue weighted by Gasteiger charge is -2.15. The van der Waals surface area contributed by atoms with E-state index in [-0.39, 0.29) is 11.9 Å². The molecule has 0 radical (unpaired) electrons. The van der Waals surface area contributed by atoms with Crippen molar-refractivity contribution in [3.05, 3.63) is 54.8 Å². The van der Waals surface area contributed by atoms with Crippen LogP contribution in [0.2, 0.25) is 0 Å². The highest BCUT2D eigenvalue weighted by molar-refractivity contribution is 9.12. The largest absolute Gasteiger partial charge is 0.313 e. The topological polar surface area (TPSA) is 12.0 Å². The minimum atomic E-state index is -0.195. The molecule has 1 unspecified atom stereocenters. The first kappa shape index (κ1) is 14.2. The SMILES string of the molecule is CNC(Cc1ccc(F)cc1)c1cc(Br)sc1Br. The molecule has 1 N–H and O–H groups in total. The maximum atomic E-state index is 12.9. The third-order valence-corrected chi connectivity index (χ3v) is 5.15. The molecule has 0 bridgehead atoms. The van der Waals surface area contributed by atoms with Crippen molar-refractivity contribution in [2.24, 2.45) is 0 Å². The van der Waals surface area contributed by atoms with E-state index in [0.29, 0.717) is 0 Å².